The fourth-order valence-electron chi connectivity index (χ4n) is 5.08. The Kier molecular flexibility index (Phi) is 7.12. The molecule has 0 radical (unpaired) electrons. The van der Waals surface area contributed by atoms with E-state index in [1.807, 2.05) is 12.1 Å². The maximum atomic E-state index is 14.8. The van der Waals surface area contributed by atoms with Gasteiger partial charge in [-0.1, -0.05) is 12.1 Å². The highest BCUT2D eigenvalue weighted by molar-refractivity contribution is 7.99. The minimum absolute atomic E-state index is 0.102. The Morgan fingerprint density at radius 2 is 1.50 bits per heavy atom. The maximum absolute atomic E-state index is 14.8. The summed E-state index contributed by atoms with van der Waals surface area (Å²) in [5.74, 6) is -10.8. The van der Waals surface area contributed by atoms with Crippen LogP contribution in [-0.2, 0) is 0 Å². The number of ether oxygens (including phenoxy) is 1. The molecule has 0 bridgehead atoms. The normalized spacial score (nSPS) is 19.8. The van der Waals surface area contributed by atoms with Gasteiger partial charge >= 0.3 is 0 Å². The van der Waals surface area contributed by atoms with Gasteiger partial charge < -0.3 is 14.7 Å². The monoisotopic (exact) mass is 521 g/mol. The summed E-state index contributed by atoms with van der Waals surface area (Å²) in [6.45, 7) is 2.93. The predicted molar refractivity (Wildman–Crippen MR) is 127 cm³/mol. The van der Waals surface area contributed by atoms with Crippen molar-refractivity contribution in [3.8, 4) is 11.5 Å². The van der Waals surface area contributed by atoms with Crippen molar-refractivity contribution in [1.82, 2.24) is 4.90 Å². The molecule has 3 aromatic carbocycles. The molecule has 0 spiro atoms. The molecule has 2 heterocycles. The standard InChI is InChI=1S/C27H24F5NO2S/c28-23-22(24(29)26(31)27(32)25(23)30)19-14-35-20-8-5-16(34)13-18(20)21(19)15-3-6-17(7-4-15)36-12-11-33-9-1-2-10-33/h3-8,13,19,21,34H,1-2,9-12,14H2/t19-,21?/m0/s1. The number of nitrogens with zero attached hydrogens (tertiary/aromatic N) is 1. The van der Waals surface area contributed by atoms with Gasteiger partial charge in [-0.3, -0.25) is 0 Å². The first-order chi connectivity index (χ1) is 17.3. The lowest BCUT2D eigenvalue weighted by molar-refractivity contribution is 0.237. The fraction of sp³-hybridized carbons (Fsp3) is 0.333. The maximum Gasteiger partial charge on any atom is 0.200 e. The van der Waals surface area contributed by atoms with Gasteiger partial charge in [-0.05, 0) is 61.8 Å². The Morgan fingerprint density at radius 1 is 0.861 bits per heavy atom. The van der Waals surface area contributed by atoms with Gasteiger partial charge in [0.15, 0.2) is 23.3 Å². The number of aromatic hydroxyl groups is 1. The summed E-state index contributed by atoms with van der Waals surface area (Å²) >= 11 is 1.69. The number of phenolic OH excluding ortho intramolecular Hbond substituents is 1. The number of phenols is 1. The molecular weight excluding hydrogens is 497 g/mol. The first-order valence-corrected chi connectivity index (χ1v) is 12.8. The van der Waals surface area contributed by atoms with Gasteiger partial charge in [-0.25, -0.2) is 22.0 Å². The van der Waals surface area contributed by atoms with Crippen molar-refractivity contribution < 1.29 is 31.8 Å². The summed E-state index contributed by atoms with van der Waals surface area (Å²) in [5, 5.41) is 10.1. The molecule has 2 aliphatic rings. The van der Waals surface area contributed by atoms with Crippen LogP contribution < -0.4 is 4.74 Å². The molecule has 1 saturated heterocycles. The van der Waals surface area contributed by atoms with Crippen molar-refractivity contribution in [2.24, 2.45) is 0 Å². The molecule has 5 rings (SSSR count). The van der Waals surface area contributed by atoms with Crippen LogP contribution in [0.1, 0.15) is 41.4 Å². The van der Waals surface area contributed by atoms with Crippen molar-refractivity contribution in [2.45, 2.75) is 29.6 Å². The van der Waals surface area contributed by atoms with Crippen LogP contribution in [0.2, 0.25) is 0 Å². The van der Waals surface area contributed by atoms with E-state index < -0.39 is 46.5 Å². The lowest BCUT2D eigenvalue weighted by atomic mass is 9.75. The summed E-state index contributed by atoms with van der Waals surface area (Å²) in [7, 11) is 0. The molecule has 36 heavy (non-hydrogen) atoms. The average Bonchev–Trinajstić information content (AvgIpc) is 3.40. The summed E-state index contributed by atoms with van der Waals surface area (Å²) in [5.41, 5.74) is 0.0991. The van der Waals surface area contributed by atoms with Crippen molar-refractivity contribution in [1.29, 1.82) is 0 Å². The van der Waals surface area contributed by atoms with Gasteiger partial charge in [0, 0.05) is 40.2 Å². The number of hydrogen-bond acceptors (Lipinski definition) is 4. The lowest BCUT2D eigenvalue weighted by Gasteiger charge is -2.35. The fourth-order valence-corrected chi connectivity index (χ4v) is 6.00. The van der Waals surface area contributed by atoms with Crippen LogP contribution in [0, 0.1) is 29.1 Å². The van der Waals surface area contributed by atoms with Gasteiger partial charge in [-0.2, -0.15) is 0 Å². The Balaban J connectivity index is 1.50. The zero-order chi connectivity index (χ0) is 25.4. The highest BCUT2D eigenvalue weighted by atomic mass is 32.2. The molecule has 1 N–H and O–H groups in total. The first kappa shape index (κ1) is 24.9. The second-order valence-electron chi connectivity index (χ2n) is 9.07. The molecule has 3 aromatic rings. The zero-order valence-corrected chi connectivity index (χ0v) is 20.1. The number of halogens is 5. The Labute approximate surface area is 209 Å². The largest absolute Gasteiger partial charge is 0.508 e. The molecule has 1 unspecified atom stereocenters. The van der Waals surface area contributed by atoms with E-state index in [0.717, 1.165) is 30.3 Å². The van der Waals surface area contributed by atoms with Gasteiger partial charge in [0.25, 0.3) is 0 Å². The van der Waals surface area contributed by atoms with Gasteiger partial charge in [0.1, 0.15) is 11.5 Å². The van der Waals surface area contributed by atoms with Gasteiger partial charge in [-0.15, -0.1) is 11.8 Å². The quantitative estimate of drug-likeness (QED) is 0.172. The van der Waals surface area contributed by atoms with Crippen LogP contribution in [-0.4, -0.2) is 42.0 Å². The van der Waals surface area contributed by atoms with E-state index in [2.05, 4.69) is 4.90 Å². The smallest absolute Gasteiger partial charge is 0.200 e. The van der Waals surface area contributed by atoms with E-state index in [-0.39, 0.29) is 12.4 Å². The average molecular weight is 522 g/mol. The van der Waals surface area contributed by atoms with E-state index >= 15 is 0 Å². The van der Waals surface area contributed by atoms with E-state index in [4.69, 9.17) is 4.74 Å². The highest BCUT2D eigenvalue weighted by Crippen LogP contribution is 2.48. The predicted octanol–water partition coefficient (Wildman–Crippen LogP) is 6.58. The minimum atomic E-state index is -2.20. The van der Waals surface area contributed by atoms with Crippen LogP contribution >= 0.6 is 11.8 Å². The number of thioether (sulfide) groups is 1. The third-order valence-electron chi connectivity index (χ3n) is 6.88. The minimum Gasteiger partial charge on any atom is -0.508 e. The molecule has 2 atom stereocenters. The molecule has 0 aliphatic carbocycles. The number of benzene rings is 3. The Morgan fingerprint density at radius 3 is 2.17 bits per heavy atom. The highest BCUT2D eigenvalue weighted by Gasteiger charge is 2.40. The SMILES string of the molecule is Oc1ccc2c(c1)C(c1ccc(SCCN3CCCC3)cc1)[C@@H](c1c(F)c(F)c(F)c(F)c1F)CO2. The van der Waals surface area contributed by atoms with Gasteiger partial charge in [0.05, 0.1) is 6.61 Å². The van der Waals surface area contributed by atoms with E-state index in [1.165, 1.54) is 31.0 Å². The molecule has 0 amide bonds. The van der Waals surface area contributed by atoms with Crippen LogP contribution in [0.25, 0.3) is 0 Å². The Hall–Kier alpha value is -2.78. The van der Waals surface area contributed by atoms with Crippen LogP contribution in [0.5, 0.6) is 11.5 Å². The van der Waals surface area contributed by atoms with Crippen molar-refractivity contribution in [2.75, 3.05) is 32.0 Å². The van der Waals surface area contributed by atoms with Crippen molar-refractivity contribution >= 4 is 11.8 Å². The molecule has 0 saturated carbocycles. The van der Waals surface area contributed by atoms with Crippen molar-refractivity contribution in [3.63, 3.8) is 0 Å². The molecule has 190 valence electrons. The molecule has 2 aliphatic heterocycles. The lowest BCUT2D eigenvalue weighted by Crippen LogP contribution is -2.28. The zero-order valence-electron chi connectivity index (χ0n) is 19.2. The molecule has 1 fully saturated rings. The molecule has 9 heteroatoms. The molecule has 3 nitrogen and oxygen atoms in total. The second-order valence-corrected chi connectivity index (χ2v) is 10.2. The Bertz CT molecular complexity index is 1240. The van der Waals surface area contributed by atoms with E-state index in [0.29, 0.717) is 16.9 Å². The summed E-state index contributed by atoms with van der Waals surface area (Å²) in [4.78, 5) is 3.43. The van der Waals surface area contributed by atoms with Crippen LogP contribution in [0.3, 0.4) is 0 Å². The topological polar surface area (TPSA) is 32.7 Å². The number of fused-ring (bicyclic) bond motifs is 1. The van der Waals surface area contributed by atoms with E-state index in [1.54, 1.807) is 23.9 Å². The first-order valence-electron chi connectivity index (χ1n) is 11.8. The van der Waals surface area contributed by atoms with Crippen LogP contribution in [0.15, 0.2) is 47.4 Å². The summed E-state index contributed by atoms with van der Waals surface area (Å²) in [6, 6.07) is 11.7. The van der Waals surface area contributed by atoms with E-state index in [9.17, 15) is 27.1 Å². The van der Waals surface area contributed by atoms with Crippen molar-refractivity contribution in [3.05, 3.63) is 88.2 Å². The van der Waals surface area contributed by atoms with Crippen LogP contribution in [0.4, 0.5) is 22.0 Å². The second kappa shape index (κ2) is 10.3. The number of rotatable bonds is 6. The number of likely N-dealkylation sites (tertiary alicyclic amines) is 1. The number of hydrogen-bond donors (Lipinski definition) is 1. The molecular formula is C27H24F5NO2S. The van der Waals surface area contributed by atoms with Gasteiger partial charge in [0.2, 0.25) is 5.82 Å². The third kappa shape index (κ3) is 4.66. The summed E-state index contributed by atoms with van der Waals surface area (Å²) < 4.78 is 77.2. The summed E-state index contributed by atoms with van der Waals surface area (Å²) in [6.07, 6.45) is 2.46. The molecule has 0 aromatic heterocycles. The third-order valence-corrected chi connectivity index (χ3v) is 7.87.